The van der Waals surface area contributed by atoms with Gasteiger partial charge in [-0.3, -0.25) is 23.4 Å². The quantitative estimate of drug-likeness (QED) is 0.179. The minimum atomic E-state index is -4.24. The number of Topliss-reactive ketones (excluding diaryl/α,β-unsaturated/α-hetero) is 2. The predicted molar refractivity (Wildman–Crippen MR) is 108 cm³/mol. The summed E-state index contributed by atoms with van der Waals surface area (Å²) in [6, 6.07) is 0. The first-order chi connectivity index (χ1) is 13.2. The molecule has 170 valence electrons. The van der Waals surface area contributed by atoms with Crippen LogP contribution in [-0.2, 0) is 32.7 Å². The summed E-state index contributed by atoms with van der Waals surface area (Å²) in [5, 5.41) is 0. The molecular weight excluding hydrogens is 401 g/mol. The third-order valence-corrected chi connectivity index (χ3v) is 6.14. The SMILES string of the molecule is CCC(=O)C(C)(CC)C(=O)OCC[N+](C)(C)CCOP(=O)(O)OCC(C)C(C)=O. The molecule has 0 aliphatic heterocycles. The second-order valence-corrected chi connectivity index (χ2v) is 9.54. The standard InChI is InChI=1S/C19H36NO8P/c1-8-17(22)19(5,9-2)18(23)26-12-10-20(6,7)11-13-27-29(24,25)28-14-15(3)16(4)21/h15H,8-14H2,1-7H3/p+1. The average Bonchev–Trinajstić information content (AvgIpc) is 2.63. The molecule has 0 saturated heterocycles. The summed E-state index contributed by atoms with van der Waals surface area (Å²) < 4.78 is 27.3. The molecule has 1 N–H and O–H groups in total. The minimum Gasteiger partial charge on any atom is -0.459 e. The van der Waals surface area contributed by atoms with E-state index in [1.54, 1.807) is 27.7 Å². The molecule has 0 fully saturated rings. The molecular formula is C19H37NO8P+. The second-order valence-electron chi connectivity index (χ2n) is 8.09. The van der Waals surface area contributed by atoms with E-state index in [0.29, 0.717) is 24.0 Å². The number of phosphoric acid groups is 1. The molecule has 0 aromatic heterocycles. The maximum Gasteiger partial charge on any atom is 0.472 e. The van der Waals surface area contributed by atoms with Crippen molar-refractivity contribution in [1.29, 1.82) is 0 Å². The van der Waals surface area contributed by atoms with Gasteiger partial charge in [0.1, 0.15) is 43.3 Å². The zero-order valence-electron chi connectivity index (χ0n) is 18.7. The van der Waals surface area contributed by atoms with Gasteiger partial charge in [-0.1, -0.05) is 20.8 Å². The van der Waals surface area contributed by atoms with Crippen molar-refractivity contribution in [2.45, 2.75) is 47.5 Å². The molecule has 0 aromatic carbocycles. The number of hydrogen-bond acceptors (Lipinski definition) is 7. The Kier molecular flexibility index (Phi) is 11.4. The summed E-state index contributed by atoms with van der Waals surface area (Å²) in [5.74, 6) is -1.31. The summed E-state index contributed by atoms with van der Waals surface area (Å²) in [5.41, 5.74) is -1.13. The van der Waals surface area contributed by atoms with Crippen LogP contribution in [-0.4, -0.2) is 73.9 Å². The lowest BCUT2D eigenvalue weighted by Crippen LogP contribution is -2.46. The van der Waals surface area contributed by atoms with Crippen molar-refractivity contribution in [3.63, 3.8) is 0 Å². The number of ketones is 2. The summed E-state index contributed by atoms with van der Waals surface area (Å²) in [6.45, 7) is 8.75. The van der Waals surface area contributed by atoms with E-state index in [4.69, 9.17) is 13.8 Å². The Morgan fingerprint density at radius 3 is 2.14 bits per heavy atom. The maximum absolute atomic E-state index is 12.3. The number of esters is 1. The van der Waals surface area contributed by atoms with Gasteiger partial charge in [-0.25, -0.2) is 4.57 Å². The zero-order valence-corrected chi connectivity index (χ0v) is 19.6. The van der Waals surface area contributed by atoms with Crippen LogP contribution in [0.25, 0.3) is 0 Å². The van der Waals surface area contributed by atoms with E-state index < -0.39 is 25.1 Å². The highest BCUT2D eigenvalue weighted by atomic mass is 31.2. The van der Waals surface area contributed by atoms with Crippen molar-refractivity contribution >= 4 is 25.4 Å². The Morgan fingerprint density at radius 1 is 1.10 bits per heavy atom. The molecule has 0 aliphatic carbocycles. The smallest absolute Gasteiger partial charge is 0.459 e. The molecule has 0 radical (unpaired) electrons. The number of phosphoric ester groups is 1. The van der Waals surface area contributed by atoms with Crippen LogP contribution in [0.3, 0.4) is 0 Å². The van der Waals surface area contributed by atoms with E-state index in [1.807, 2.05) is 14.1 Å². The van der Waals surface area contributed by atoms with E-state index in [1.165, 1.54) is 6.92 Å². The molecule has 0 bridgehead atoms. The highest BCUT2D eigenvalue weighted by Crippen LogP contribution is 2.43. The van der Waals surface area contributed by atoms with E-state index >= 15 is 0 Å². The Bertz CT molecular complexity index is 621. The third kappa shape index (κ3) is 9.96. The fourth-order valence-electron chi connectivity index (χ4n) is 2.27. The van der Waals surface area contributed by atoms with Crippen LogP contribution < -0.4 is 0 Å². The van der Waals surface area contributed by atoms with Gasteiger partial charge in [-0.2, -0.15) is 0 Å². The van der Waals surface area contributed by atoms with Crippen LogP contribution in [0.5, 0.6) is 0 Å². The van der Waals surface area contributed by atoms with Crippen molar-refractivity contribution in [3.05, 3.63) is 0 Å². The van der Waals surface area contributed by atoms with Crippen LogP contribution in [0.4, 0.5) is 0 Å². The normalized spacial score (nSPS) is 17.1. The van der Waals surface area contributed by atoms with Gasteiger partial charge in [0.15, 0.2) is 0 Å². The van der Waals surface area contributed by atoms with Crippen molar-refractivity contribution in [2.75, 3.05) is 47.0 Å². The lowest BCUT2D eigenvalue weighted by atomic mass is 9.82. The molecule has 3 unspecified atom stereocenters. The van der Waals surface area contributed by atoms with E-state index in [9.17, 15) is 23.8 Å². The van der Waals surface area contributed by atoms with E-state index in [0.717, 1.165) is 0 Å². The first-order valence-corrected chi connectivity index (χ1v) is 11.3. The zero-order chi connectivity index (χ0) is 22.9. The molecule has 3 atom stereocenters. The van der Waals surface area contributed by atoms with Gasteiger partial charge >= 0.3 is 13.8 Å². The maximum atomic E-state index is 12.3. The van der Waals surface area contributed by atoms with Crippen LogP contribution in [0.1, 0.15) is 47.5 Å². The molecule has 0 saturated carbocycles. The largest absolute Gasteiger partial charge is 0.472 e. The predicted octanol–water partition coefficient (Wildman–Crippen LogP) is 2.36. The van der Waals surface area contributed by atoms with Gasteiger partial charge in [0.25, 0.3) is 0 Å². The van der Waals surface area contributed by atoms with Crippen molar-refractivity contribution in [2.24, 2.45) is 11.3 Å². The summed E-state index contributed by atoms with van der Waals surface area (Å²) in [4.78, 5) is 45.2. The van der Waals surface area contributed by atoms with Crippen molar-refractivity contribution in [1.82, 2.24) is 0 Å². The number of quaternary nitrogens is 1. The van der Waals surface area contributed by atoms with Crippen LogP contribution in [0.2, 0.25) is 0 Å². The molecule has 0 amide bonds. The van der Waals surface area contributed by atoms with Crippen LogP contribution >= 0.6 is 7.82 Å². The number of carbonyl (C=O) groups is 3. The summed E-state index contributed by atoms with van der Waals surface area (Å²) in [6.07, 6.45) is 0.644. The Hall–Kier alpha value is -1.12. The lowest BCUT2D eigenvalue weighted by Gasteiger charge is -2.30. The lowest BCUT2D eigenvalue weighted by molar-refractivity contribution is -0.890. The monoisotopic (exact) mass is 438 g/mol. The first kappa shape index (κ1) is 27.9. The Labute approximate surface area is 173 Å². The van der Waals surface area contributed by atoms with Crippen molar-refractivity contribution < 1.29 is 42.1 Å². The Balaban J connectivity index is 4.43. The molecule has 0 heterocycles. The fourth-order valence-corrected chi connectivity index (χ4v) is 3.06. The third-order valence-electron chi connectivity index (χ3n) is 5.16. The molecule has 0 spiro atoms. The van der Waals surface area contributed by atoms with Gasteiger partial charge in [0.2, 0.25) is 0 Å². The van der Waals surface area contributed by atoms with Crippen molar-refractivity contribution in [3.8, 4) is 0 Å². The number of nitrogens with zero attached hydrogens (tertiary/aromatic N) is 1. The summed E-state index contributed by atoms with van der Waals surface area (Å²) >= 11 is 0. The van der Waals surface area contributed by atoms with E-state index in [-0.39, 0.29) is 37.8 Å². The highest BCUT2D eigenvalue weighted by molar-refractivity contribution is 7.47. The number of ether oxygens (including phenoxy) is 1. The van der Waals surface area contributed by atoms with Gasteiger partial charge < -0.3 is 14.1 Å². The van der Waals surface area contributed by atoms with Gasteiger partial charge in [0.05, 0.1) is 20.7 Å². The van der Waals surface area contributed by atoms with Gasteiger partial charge in [-0.05, 0) is 20.3 Å². The average molecular weight is 438 g/mol. The fraction of sp³-hybridized carbons (Fsp3) is 0.842. The van der Waals surface area contributed by atoms with Crippen LogP contribution in [0, 0.1) is 11.3 Å². The molecule has 9 nitrogen and oxygen atoms in total. The first-order valence-electron chi connectivity index (χ1n) is 9.85. The molecule has 10 heteroatoms. The van der Waals surface area contributed by atoms with Gasteiger partial charge in [0, 0.05) is 12.3 Å². The molecule has 0 aromatic rings. The number of rotatable bonds is 15. The molecule has 0 rings (SSSR count). The number of likely N-dealkylation sites (N-methyl/N-ethyl adjacent to an activating group) is 1. The number of hydrogen-bond donors (Lipinski definition) is 1. The summed E-state index contributed by atoms with van der Waals surface area (Å²) in [7, 11) is -0.529. The highest BCUT2D eigenvalue weighted by Gasteiger charge is 2.39. The van der Waals surface area contributed by atoms with Crippen LogP contribution in [0.15, 0.2) is 0 Å². The number of carbonyl (C=O) groups excluding carboxylic acids is 3. The molecule has 0 aliphatic rings. The van der Waals surface area contributed by atoms with E-state index in [2.05, 4.69) is 0 Å². The second kappa shape index (κ2) is 11.9. The molecule has 29 heavy (non-hydrogen) atoms. The van der Waals surface area contributed by atoms with Gasteiger partial charge in [-0.15, -0.1) is 0 Å². The minimum absolute atomic E-state index is 0.0514. The topological polar surface area (TPSA) is 116 Å². The Morgan fingerprint density at radius 2 is 1.66 bits per heavy atom.